The van der Waals surface area contributed by atoms with Gasteiger partial charge in [-0.1, -0.05) is 0 Å². The maximum absolute atomic E-state index is 11.9. The van der Waals surface area contributed by atoms with Crippen LogP contribution in [-0.2, 0) is 17.5 Å². The Bertz CT molecular complexity index is 652. The van der Waals surface area contributed by atoms with Crippen molar-refractivity contribution in [2.45, 2.75) is 24.5 Å². The van der Waals surface area contributed by atoms with Crippen molar-refractivity contribution in [3.8, 4) is 0 Å². The van der Waals surface area contributed by atoms with E-state index in [1.54, 1.807) is 29.6 Å². The van der Waals surface area contributed by atoms with Gasteiger partial charge >= 0.3 is 5.97 Å². The van der Waals surface area contributed by atoms with Crippen LogP contribution in [0.3, 0.4) is 0 Å². The molecule has 6 heteroatoms. The highest BCUT2D eigenvalue weighted by Gasteiger charge is 2.17. The first-order valence-electron chi connectivity index (χ1n) is 6.69. The topological polar surface area (TPSA) is 70.1 Å². The fourth-order valence-corrected chi connectivity index (χ4v) is 3.08. The van der Waals surface area contributed by atoms with E-state index < -0.39 is 0 Å². The number of hydrogen-bond acceptors (Lipinski definition) is 5. The number of nitrogens with zero attached hydrogens (tertiary/aromatic N) is 2. The summed E-state index contributed by atoms with van der Waals surface area (Å²) in [6, 6.07) is 5.82. The summed E-state index contributed by atoms with van der Waals surface area (Å²) in [4.78, 5) is 13.0. The third-order valence-corrected chi connectivity index (χ3v) is 4.31. The van der Waals surface area contributed by atoms with Gasteiger partial charge in [0.15, 0.2) is 0 Å². The molecule has 0 fully saturated rings. The number of aryl methyl sites for hydroxylation is 2. The van der Waals surface area contributed by atoms with Crippen molar-refractivity contribution < 1.29 is 9.53 Å². The lowest BCUT2D eigenvalue weighted by Gasteiger charge is -2.08. The van der Waals surface area contributed by atoms with Gasteiger partial charge in [0.25, 0.3) is 0 Å². The van der Waals surface area contributed by atoms with Gasteiger partial charge in [-0.3, -0.25) is 4.68 Å². The summed E-state index contributed by atoms with van der Waals surface area (Å²) in [6.45, 7) is 4.17. The summed E-state index contributed by atoms with van der Waals surface area (Å²) in [6.07, 6.45) is 1.56. The van der Waals surface area contributed by atoms with E-state index in [9.17, 15) is 4.79 Å². The zero-order valence-electron chi connectivity index (χ0n) is 12.4. The summed E-state index contributed by atoms with van der Waals surface area (Å²) in [5.41, 5.74) is 9.02. The standard InChI is InChI=1S/C15H19N3O2S/c1-4-20-15(19)12-8-17-18(3)13(12)9-21-14-6-5-11(16)7-10(14)2/h5-8H,4,9,16H2,1-3H3. The molecule has 0 radical (unpaired) electrons. The van der Waals surface area contributed by atoms with E-state index in [2.05, 4.69) is 5.10 Å². The Morgan fingerprint density at radius 3 is 2.90 bits per heavy atom. The zero-order valence-corrected chi connectivity index (χ0v) is 13.2. The molecule has 0 aliphatic rings. The highest BCUT2D eigenvalue weighted by atomic mass is 32.2. The number of aromatic nitrogens is 2. The van der Waals surface area contributed by atoms with Crippen LogP contribution in [0.2, 0.25) is 0 Å². The number of carbonyl (C=O) groups excluding carboxylic acids is 1. The molecule has 5 nitrogen and oxygen atoms in total. The summed E-state index contributed by atoms with van der Waals surface area (Å²) in [5.74, 6) is 0.324. The molecule has 1 aromatic carbocycles. The minimum Gasteiger partial charge on any atom is -0.462 e. The Hall–Kier alpha value is -1.95. The molecule has 0 saturated heterocycles. The molecule has 1 heterocycles. The zero-order chi connectivity index (χ0) is 15.4. The predicted octanol–water partition coefficient (Wildman–Crippen LogP) is 2.78. The Morgan fingerprint density at radius 1 is 1.48 bits per heavy atom. The fraction of sp³-hybridized carbons (Fsp3) is 0.333. The van der Waals surface area contributed by atoms with Gasteiger partial charge in [0.2, 0.25) is 0 Å². The van der Waals surface area contributed by atoms with Crippen LogP contribution < -0.4 is 5.73 Å². The number of nitrogen functional groups attached to an aromatic ring is 1. The number of thioether (sulfide) groups is 1. The lowest BCUT2D eigenvalue weighted by atomic mass is 10.2. The average Bonchev–Trinajstić information content (AvgIpc) is 2.79. The highest BCUT2D eigenvalue weighted by Crippen LogP contribution is 2.28. The van der Waals surface area contributed by atoms with Crippen molar-refractivity contribution in [3.63, 3.8) is 0 Å². The van der Waals surface area contributed by atoms with Crippen LogP contribution in [0.4, 0.5) is 5.69 Å². The first-order chi connectivity index (χ1) is 10.0. The van der Waals surface area contributed by atoms with Gasteiger partial charge in [-0.2, -0.15) is 5.10 Å². The van der Waals surface area contributed by atoms with Gasteiger partial charge < -0.3 is 10.5 Å². The Kier molecular flexibility index (Phi) is 4.90. The van der Waals surface area contributed by atoms with Crippen molar-refractivity contribution in [2.24, 2.45) is 7.05 Å². The Labute approximate surface area is 128 Å². The van der Waals surface area contributed by atoms with Crippen LogP contribution in [0.15, 0.2) is 29.3 Å². The average molecular weight is 305 g/mol. The maximum Gasteiger partial charge on any atom is 0.341 e. The molecule has 0 aliphatic heterocycles. The Morgan fingerprint density at radius 2 is 2.24 bits per heavy atom. The summed E-state index contributed by atoms with van der Waals surface area (Å²) in [5, 5.41) is 4.15. The molecule has 1 aromatic heterocycles. The minimum atomic E-state index is -0.324. The van der Waals surface area contributed by atoms with E-state index in [4.69, 9.17) is 10.5 Å². The van der Waals surface area contributed by atoms with Gasteiger partial charge in [0.05, 0.1) is 18.5 Å². The smallest absolute Gasteiger partial charge is 0.341 e. The molecule has 0 spiro atoms. The first kappa shape index (κ1) is 15.4. The van der Waals surface area contributed by atoms with Crippen LogP contribution >= 0.6 is 11.8 Å². The fourth-order valence-electron chi connectivity index (χ4n) is 1.99. The molecule has 112 valence electrons. The number of anilines is 1. The van der Waals surface area contributed by atoms with E-state index >= 15 is 0 Å². The van der Waals surface area contributed by atoms with E-state index in [0.29, 0.717) is 17.9 Å². The molecule has 2 aromatic rings. The van der Waals surface area contributed by atoms with Crippen molar-refractivity contribution in [1.82, 2.24) is 9.78 Å². The molecule has 21 heavy (non-hydrogen) atoms. The second-order valence-electron chi connectivity index (χ2n) is 4.66. The normalized spacial score (nSPS) is 10.6. The number of carbonyl (C=O) groups is 1. The summed E-state index contributed by atoms with van der Waals surface area (Å²) < 4.78 is 6.77. The monoisotopic (exact) mass is 305 g/mol. The van der Waals surface area contributed by atoms with Crippen LogP contribution in [-0.4, -0.2) is 22.4 Å². The molecule has 2 rings (SSSR count). The van der Waals surface area contributed by atoms with Crippen LogP contribution in [0.25, 0.3) is 0 Å². The largest absolute Gasteiger partial charge is 0.462 e. The number of benzene rings is 1. The van der Waals surface area contributed by atoms with Crippen LogP contribution in [0, 0.1) is 6.92 Å². The van der Waals surface area contributed by atoms with Gasteiger partial charge in [0, 0.05) is 23.4 Å². The van der Waals surface area contributed by atoms with Crippen molar-refractivity contribution in [2.75, 3.05) is 12.3 Å². The lowest BCUT2D eigenvalue weighted by Crippen LogP contribution is -2.08. The second-order valence-corrected chi connectivity index (χ2v) is 5.68. The number of nitrogens with two attached hydrogens (primary N) is 1. The molecule has 0 atom stereocenters. The quantitative estimate of drug-likeness (QED) is 0.522. The number of hydrogen-bond donors (Lipinski definition) is 1. The highest BCUT2D eigenvalue weighted by molar-refractivity contribution is 7.98. The number of rotatable bonds is 5. The molecule has 0 aliphatic carbocycles. The van der Waals surface area contributed by atoms with E-state index in [1.165, 1.54) is 0 Å². The third kappa shape index (κ3) is 3.58. The molecular formula is C15H19N3O2S. The van der Waals surface area contributed by atoms with Gasteiger partial charge in [0.1, 0.15) is 5.56 Å². The molecule has 0 amide bonds. The Balaban J connectivity index is 2.16. The lowest BCUT2D eigenvalue weighted by molar-refractivity contribution is 0.0525. The van der Waals surface area contributed by atoms with E-state index in [0.717, 1.165) is 21.8 Å². The molecular weight excluding hydrogens is 286 g/mol. The summed E-state index contributed by atoms with van der Waals surface area (Å²) >= 11 is 1.65. The van der Waals surface area contributed by atoms with Gasteiger partial charge in [-0.25, -0.2) is 4.79 Å². The van der Waals surface area contributed by atoms with Crippen molar-refractivity contribution in [1.29, 1.82) is 0 Å². The first-order valence-corrected chi connectivity index (χ1v) is 7.68. The second kappa shape index (κ2) is 6.67. The van der Waals surface area contributed by atoms with E-state index in [-0.39, 0.29) is 5.97 Å². The van der Waals surface area contributed by atoms with Gasteiger partial charge in [-0.15, -0.1) is 11.8 Å². The SMILES string of the molecule is CCOC(=O)c1cnn(C)c1CSc1ccc(N)cc1C. The van der Waals surface area contributed by atoms with Crippen molar-refractivity contribution >= 4 is 23.4 Å². The number of ether oxygens (including phenoxy) is 1. The number of esters is 1. The van der Waals surface area contributed by atoms with E-state index in [1.807, 2.05) is 32.2 Å². The predicted molar refractivity (Wildman–Crippen MR) is 84.3 cm³/mol. The van der Waals surface area contributed by atoms with Crippen LogP contribution in [0.5, 0.6) is 0 Å². The minimum absolute atomic E-state index is 0.324. The summed E-state index contributed by atoms with van der Waals surface area (Å²) in [7, 11) is 1.83. The third-order valence-electron chi connectivity index (χ3n) is 3.12. The molecule has 0 bridgehead atoms. The molecule has 0 unspecified atom stereocenters. The molecule has 0 saturated carbocycles. The van der Waals surface area contributed by atoms with Crippen molar-refractivity contribution in [3.05, 3.63) is 41.2 Å². The van der Waals surface area contributed by atoms with Gasteiger partial charge in [-0.05, 0) is 37.6 Å². The maximum atomic E-state index is 11.9. The van der Waals surface area contributed by atoms with Crippen LogP contribution in [0.1, 0.15) is 28.5 Å². The molecule has 2 N–H and O–H groups in total.